The molecule has 1 saturated heterocycles. The van der Waals surface area contributed by atoms with Crippen LogP contribution >= 0.6 is 0 Å². The molecular formula is C15H30N2. The largest absolute Gasteiger partial charge is 0.317 e. The summed E-state index contributed by atoms with van der Waals surface area (Å²) in [5.41, 5.74) is 0. The molecule has 1 aliphatic heterocycles. The van der Waals surface area contributed by atoms with Crippen LogP contribution in [0.25, 0.3) is 0 Å². The summed E-state index contributed by atoms with van der Waals surface area (Å²) in [5, 5.41) is 3.50. The highest BCUT2D eigenvalue weighted by Gasteiger charge is 2.30. The van der Waals surface area contributed by atoms with Gasteiger partial charge in [-0.3, -0.25) is 0 Å². The lowest BCUT2D eigenvalue weighted by atomic mass is 9.84. The molecule has 0 aromatic heterocycles. The topological polar surface area (TPSA) is 15.3 Å². The van der Waals surface area contributed by atoms with Gasteiger partial charge in [-0.25, -0.2) is 0 Å². The van der Waals surface area contributed by atoms with Crippen molar-refractivity contribution in [2.45, 2.75) is 58.4 Å². The molecule has 2 rings (SSSR count). The molecule has 1 N–H and O–H groups in total. The SMILES string of the molecule is CCNCC1CCN(C2CCC(CC)CC2)C1. The quantitative estimate of drug-likeness (QED) is 0.792. The first-order chi connectivity index (χ1) is 8.33. The van der Waals surface area contributed by atoms with Gasteiger partial charge in [-0.2, -0.15) is 0 Å². The van der Waals surface area contributed by atoms with E-state index in [1.165, 1.54) is 58.2 Å². The summed E-state index contributed by atoms with van der Waals surface area (Å²) in [6.45, 7) is 9.63. The number of nitrogens with zero attached hydrogens (tertiary/aromatic N) is 1. The lowest BCUT2D eigenvalue weighted by Gasteiger charge is -2.34. The minimum atomic E-state index is 0.916. The summed E-state index contributed by atoms with van der Waals surface area (Å²) in [5.74, 6) is 1.95. The van der Waals surface area contributed by atoms with Crippen molar-refractivity contribution in [3.8, 4) is 0 Å². The van der Waals surface area contributed by atoms with E-state index in [0.717, 1.165) is 24.4 Å². The van der Waals surface area contributed by atoms with Gasteiger partial charge in [0.25, 0.3) is 0 Å². The van der Waals surface area contributed by atoms with E-state index < -0.39 is 0 Å². The van der Waals surface area contributed by atoms with Gasteiger partial charge in [-0.1, -0.05) is 20.3 Å². The van der Waals surface area contributed by atoms with Crippen LogP contribution in [0.2, 0.25) is 0 Å². The Bertz CT molecular complexity index is 209. The minimum Gasteiger partial charge on any atom is -0.317 e. The molecule has 1 heterocycles. The summed E-state index contributed by atoms with van der Waals surface area (Å²) in [6.07, 6.45) is 8.71. The maximum Gasteiger partial charge on any atom is 0.00955 e. The third-order valence-electron chi connectivity index (χ3n) is 4.91. The Morgan fingerprint density at radius 1 is 1.00 bits per heavy atom. The summed E-state index contributed by atoms with van der Waals surface area (Å²) in [6, 6.07) is 0.921. The summed E-state index contributed by atoms with van der Waals surface area (Å²) >= 11 is 0. The Morgan fingerprint density at radius 3 is 2.41 bits per heavy atom. The molecule has 17 heavy (non-hydrogen) atoms. The molecule has 2 fully saturated rings. The predicted molar refractivity (Wildman–Crippen MR) is 74.3 cm³/mol. The first-order valence-electron chi connectivity index (χ1n) is 7.78. The van der Waals surface area contributed by atoms with Gasteiger partial charge in [0.2, 0.25) is 0 Å². The van der Waals surface area contributed by atoms with Crippen LogP contribution in [0.15, 0.2) is 0 Å². The molecule has 1 saturated carbocycles. The third-order valence-corrected chi connectivity index (χ3v) is 4.91. The van der Waals surface area contributed by atoms with Crippen molar-refractivity contribution in [1.82, 2.24) is 10.2 Å². The van der Waals surface area contributed by atoms with Crippen molar-refractivity contribution in [3.63, 3.8) is 0 Å². The van der Waals surface area contributed by atoms with E-state index >= 15 is 0 Å². The Kier molecular flexibility index (Phi) is 5.30. The number of hydrogen-bond donors (Lipinski definition) is 1. The Morgan fingerprint density at radius 2 is 1.76 bits per heavy atom. The second kappa shape index (κ2) is 6.75. The third kappa shape index (κ3) is 3.69. The number of hydrogen-bond acceptors (Lipinski definition) is 2. The van der Waals surface area contributed by atoms with Gasteiger partial charge in [0, 0.05) is 12.6 Å². The molecular weight excluding hydrogens is 208 g/mol. The van der Waals surface area contributed by atoms with E-state index in [-0.39, 0.29) is 0 Å². The fourth-order valence-corrected chi connectivity index (χ4v) is 3.63. The normalized spacial score (nSPS) is 35.3. The molecule has 0 aromatic rings. The van der Waals surface area contributed by atoms with Crippen LogP contribution in [0.3, 0.4) is 0 Å². The zero-order valence-corrected chi connectivity index (χ0v) is 11.8. The molecule has 2 nitrogen and oxygen atoms in total. The molecule has 1 aliphatic carbocycles. The molecule has 0 aromatic carbocycles. The van der Waals surface area contributed by atoms with E-state index in [4.69, 9.17) is 0 Å². The molecule has 1 unspecified atom stereocenters. The van der Waals surface area contributed by atoms with Crippen LogP contribution < -0.4 is 5.32 Å². The fourth-order valence-electron chi connectivity index (χ4n) is 3.63. The van der Waals surface area contributed by atoms with Crippen LogP contribution in [0.5, 0.6) is 0 Å². The van der Waals surface area contributed by atoms with E-state index in [0.29, 0.717) is 0 Å². The molecule has 0 radical (unpaired) electrons. The number of rotatable bonds is 5. The van der Waals surface area contributed by atoms with Crippen LogP contribution in [-0.4, -0.2) is 37.1 Å². The van der Waals surface area contributed by atoms with Gasteiger partial charge in [-0.05, 0) is 63.6 Å². The maximum atomic E-state index is 3.50. The second-order valence-corrected chi connectivity index (χ2v) is 6.04. The maximum absolute atomic E-state index is 3.50. The van der Waals surface area contributed by atoms with Crippen LogP contribution in [0, 0.1) is 11.8 Å². The van der Waals surface area contributed by atoms with E-state index in [2.05, 4.69) is 24.1 Å². The predicted octanol–water partition coefficient (Wildman–Crippen LogP) is 2.89. The fraction of sp³-hybridized carbons (Fsp3) is 1.00. The zero-order valence-electron chi connectivity index (χ0n) is 11.8. The van der Waals surface area contributed by atoms with Crippen LogP contribution in [0.4, 0.5) is 0 Å². The highest BCUT2D eigenvalue weighted by atomic mass is 15.2. The summed E-state index contributed by atoms with van der Waals surface area (Å²) in [7, 11) is 0. The van der Waals surface area contributed by atoms with Gasteiger partial charge in [0.05, 0.1) is 0 Å². The molecule has 0 bridgehead atoms. The highest BCUT2D eigenvalue weighted by molar-refractivity contribution is 4.85. The average molecular weight is 238 g/mol. The Labute approximate surface area is 107 Å². The lowest BCUT2D eigenvalue weighted by Crippen LogP contribution is -2.37. The molecule has 1 atom stereocenters. The van der Waals surface area contributed by atoms with Gasteiger partial charge in [0.1, 0.15) is 0 Å². The van der Waals surface area contributed by atoms with E-state index in [9.17, 15) is 0 Å². The molecule has 2 aliphatic rings. The highest BCUT2D eigenvalue weighted by Crippen LogP contribution is 2.31. The first-order valence-corrected chi connectivity index (χ1v) is 7.78. The lowest BCUT2D eigenvalue weighted by molar-refractivity contribution is 0.158. The van der Waals surface area contributed by atoms with Gasteiger partial charge in [0.15, 0.2) is 0 Å². The monoisotopic (exact) mass is 238 g/mol. The molecule has 0 amide bonds. The smallest absolute Gasteiger partial charge is 0.00955 e. The first kappa shape index (κ1) is 13.4. The molecule has 0 spiro atoms. The average Bonchev–Trinajstić information content (AvgIpc) is 2.85. The molecule has 2 heteroatoms. The molecule has 100 valence electrons. The van der Waals surface area contributed by atoms with Crippen molar-refractivity contribution < 1.29 is 0 Å². The number of nitrogens with one attached hydrogen (secondary N) is 1. The van der Waals surface area contributed by atoms with Crippen LogP contribution in [-0.2, 0) is 0 Å². The van der Waals surface area contributed by atoms with Crippen molar-refractivity contribution in [2.75, 3.05) is 26.2 Å². The van der Waals surface area contributed by atoms with Gasteiger partial charge in [-0.15, -0.1) is 0 Å². The van der Waals surface area contributed by atoms with E-state index in [1.54, 1.807) is 0 Å². The Hall–Kier alpha value is -0.0800. The summed E-state index contributed by atoms with van der Waals surface area (Å²) in [4.78, 5) is 2.79. The summed E-state index contributed by atoms with van der Waals surface area (Å²) < 4.78 is 0. The van der Waals surface area contributed by atoms with Crippen molar-refractivity contribution in [1.29, 1.82) is 0 Å². The standard InChI is InChI=1S/C15H30N2/c1-3-13-5-7-15(8-6-13)17-10-9-14(12-17)11-16-4-2/h13-16H,3-12H2,1-2H3. The zero-order chi connectivity index (χ0) is 12.1. The van der Waals surface area contributed by atoms with E-state index in [1.807, 2.05) is 0 Å². The van der Waals surface area contributed by atoms with Gasteiger partial charge < -0.3 is 10.2 Å². The van der Waals surface area contributed by atoms with Crippen LogP contribution in [0.1, 0.15) is 52.4 Å². The second-order valence-electron chi connectivity index (χ2n) is 6.04. The van der Waals surface area contributed by atoms with Gasteiger partial charge >= 0.3 is 0 Å². The number of likely N-dealkylation sites (tertiary alicyclic amines) is 1. The van der Waals surface area contributed by atoms with Crippen molar-refractivity contribution in [3.05, 3.63) is 0 Å². The minimum absolute atomic E-state index is 0.916. The van der Waals surface area contributed by atoms with Crippen molar-refractivity contribution >= 4 is 0 Å². The Balaban J connectivity index is 1.70. The van der Waals surface area contributed by atoms with Crippen molar-refractivity contribution in [2.24, 2.45) is 11.8 Å².